The molecule has 0 saturated carbocycles. The Balaban J connectivity index is 1.53. The van der Waals surface area contributed by atoms with Crippen LogP contribution < -0.4 is 0 Å². The fraction of sp³-hybridized carbons (Fsp3) is 0.0909. The monoisotopic (exact) mass is 370 g/mol. The average molecular weight is 370 g/mol. The van der Waals surface area contributed by atoms with Crippen molar-refractivity contribution in [2.45, 2.75) is 12.8 Å². The molecule has 1 aliphatic heterocycles. The molecule has 6 nitrogen and oxygen atoms in total. The molecule has 28 heavy (non-hydrogen) atoms. The lowest BCUT2D eigenvalue weighted by atomic mass is 9.99. The maximum atomic E-state index is 12.3. The van der Waals surface area contributed by atoms with Gasteiger partial charge in [0.15, 0.2) is 5.70 Å². The highest BCUT2D eigenvalue weighted by Crippen LogP contribution is 2.34. The van der Waals surface area contributed by atoms with Crippen LogP contribution in [-0.4, -0.2) is 16.8 Å². The molecular formula is C22H14N2O4. The summed E-state index contributed by atoms with van der Waals surface area (Å²) in [5, 5.41) is 13.3. The first-order valence-electron chi connectivity index (χ1n) is 8.91. The zero-order valence-corrected chi connectivity index (χ0v) is 14.7. The van der Waals surface area contributed by atoms with Crippen LogP contribution in [0, 0.1) is 10.1 Å². The fourth-order valence-corrected chi connectivity index (χ4v) is 3.83. The minimum absolute atomic E-state index is 0.0283. The molecule has 1 aliphatic carbocycles. The normalized spacial score (nSPS) is 16.5. The predicted octanol–water partition coefficient (Wildman–Crippen LogP) is 4.19. The van der Waals surface area contributed by atoms with E-state index < -0.39 is 10.9 Å². The SMILES string of the molecule is O=C1OC(c2ccc([N+](=O)[O-])cc2)=NC1=Cc1ccc2cccc3c2c1CC3. The van der Waals surface area contributed by atoms with Gasteiger partial charge in [-0.2, -0.15) is 0 Å². The zero-order valence-electron chi connectivity index (χ0n) is 14.7. The number of rotatable bonds is 3. The highest BCUT2D eigenvalue weighted by atomic mass is 16.6. The number of aliphatic imine (C=N–C) groups is 1. The minimum atomic E-state index is -0.521. The number of carbonyl (C=O) groups is 1. The van der Waals surface area contributed by atoms with Crippen molar-refractivity contribution >= 4 is 34.4 Å². The number of benzene rings is 3. The first-order chi connectivity index (χ1) is 13.6. The summed E-state index contributed by atoms with van der Waals surface area (Å²) in [5.41, 5.74) is 4.25. The highest BCUT2D eigenvalue weighted by Gasteiger charge is 2.25. The van der Waals surface area contributed by atoms with Crippen LogP contribution in [-0.2, 0) is 22.4 Å². The third-order valence-electron chi connectivity index (χ3n) is 5.16. The molecule has 136 valence electrons. The summed E-state index contributed by atoms with van der Waals surface area (Å²) < 4.78 is 5.28. The number of carbonyl (C=O) groups excluding carboxylic acids is 1. The number of cyclic esters (lactones) is 1. The summed E-state index contributed by atoms with van der Waals surface area (Å²) in [7, 11) is 0. The zero-order chi connectivity index (χ0) is 19.3. The third-order valence-corrected chi connectivity index (χ3v) is 5.16. The number of nitrogens with zero attached hydrogens (tertiary/aromatic N) is 2. The van der Waals surface area contributed by atoms with E-state index in [1.54, 1.807) is 6.08 Å². The predicted molar refractivity (Wildman–Crippen MR) is 105 cm³/mol. The summed E-state index contributed by atoms with van der Waals surface area (Å²) in [6.07, 6.45) is 3.69. The Labute approximate surface area is 159 Å². The standard InChI is InChI=1S/C22H14N2O4/c25-22-19(23-21(28-22)15-6-9-17(10-7-15)24(26)27)12-16-5-4-13-2-1-3-14-8-11-18(16)20(13)14/h1-7,9-10,12H,8,11H2. The van der Waals surface area contributed by atoms with Crippen LogP contribution in [0.2, 0.25) is 0 Å². The van der Waals surface area contributed by atoms with Gasteiger partial charge in [0.1, 0.15) is 0 Å². The number of nitro benzene ring substituents is 1. The Morgan fingerprint density at radius 3 is 2.64 bits per heavy atom. The first-order valence-corrected chi connectivity index (χ1v) is 8.91. The third kappa shape index (κ3) is 2.58. The Hall–Kier alpha value is -3.80. The molecule has 0 spiro atoms. The van der Waals surface area contributed by atoms with E-state index in [9.17, 15) is 14.9 Å². The minimum Gasteiger partial charge on any atom is -0.402 e. The lowest BCUT2D eigenvalue weighted by molar-refractivity contribution is -0.384. The number of hydrogen-bond acceptors (Lipinski definition) is 5. The summed E-state index contributed by atoms with van der Waals surface area (Å²) in [5.74, 6) is -0.365. The number of esters is 1. The molecule has 0 bridgehead atoms. The Bertz CT molecular complexity index is 1220. The molecule has 0 amide bonds. The molecule has 1 heterocycles. The Morgan fingerprint density at radius 2 is 1.86 bits per heavy atom. The van der Waals surface area contributed by atoms with Gasteiger partial charge in [-0.15, -0.1) is 0 Å². The van der Waals surface area contributed by atoms with Crippen LogP contribution >= 0.6 is 0 Å². The van der Waals surface area contributed by atoms with Crippen molar-refractivity contribution < 1.29 is 14.5 Å². The van der Waals surface area contributed by atoms with E-state index in [2.05, 4.69) is 29.3 Å². The number of non-ortho nitro benzene ring substituents is 1. The summed E-state index contributed by atoms with van der Waals surface area (Å²) in [6.45, 7) is 0. The molecule has 0 saturated heterocycles. The van der Waals surface area contributed by atoms with Crippen molar-refractivity contribution in [3.8, 4) is 0 Å². The van der Waals surface area contributed by atoms with Crippen molar-refractivity contribution in [3.05, 3.63) is 92.7 Å². The van der Waals surface area contributed by atoms with Crippen LogP contribution in [0.25, 0.3) is 16.8 Å². The van der Waals surface area contributed by atoms with Crippen molar-refractivity contribution in [2.75, 3.05) is 0 Å². The second-order valence-corrected chi connectivity index (χ2v) is 6.79. The average Bonchev–Trinajstić information content (AvgIpc) is 3.30. The molecule has 0 fully saturated rings. The second-order valence-electron chi connectivity index (χ2n) is 6.79. The molecule has 0 atom stereocenters. The quantitative estimate of drug-likeness (QED) is 0.300. The lowest BCUT2D eigenvalue weighted by Crippen LogP contribution is -2.05. The van der Waals surface area contributed by atoms with Gasteiger partial charge >= 0.3 is 5.97 Å². The van der Waals surface area contributed by atoms with Gasteiger partial charge in [-0.25, -0.2) is 9.79 Å². The van der Waals surface area contributed by atoms with Gasteiger partial charge in [0.25, 0.3) is 5.69 Å². The van der Waals surface area contributed by atoms with E-state index in [1.165, 1.54) is 46.2 Å². The number of hydrogen-bond donors (Lipinski definition) is 0. The molecule has 0 aromatic heterocycles. The van der Waals surface area contributed by atoms with Gasteiger partial charge < -0.3 is 4.74 Å². The molecule has 0 radical (unpaired) electrons. The Morgan fingerprint density at radius 1 is 1.04 bits per heavy atom. The van der Waals surface area contributed by atoms with E-state index in [4.69, 9.17) is 4.74 Å². The molecule has 6 heteroatoms. The van der Waals surface area contributed by atoms with Crippen LogP contribution in [0.1, 0.15) is 22.3 Å². The topological polar surface area (TPSA) is 81.8 Å². The van der Waals surface area contributed by atoms with Crippen LogP contribution in [0.5, 0.6) is 0 Å². The smallest absolute Gasteiger partial charge is 0.363 e. The second kappa shape index (κ2) is 6.13. The van der Waals surface area contributed by atoms with E-state index in [0.717, 1.165) is 18.4 Å². The van der Waals surface area contributed by atoms with Gasteiger partial charge in [0.05, 0.1) is 4.92 Å². The number of nitro groups is 1. The summed E-state index contributed by atoms with van der Waals surface area (Å²) in [4.78, 5) is 26.9. The maximum Gasteiger partial charge on any atom is 0.363 e. The van der Waals surface area contributed by atoms with Crippen LogP contribution in [0.4, 0.5) is 5.69 Å². The lowest BCUT2D eigenvalue weighted by Gasteiger charge is -2.05. The van der Waals surface area contributed by atoms with E-state index in [-0.39, 0.29) is 17.3 Å². The molecule has 5 rings (SSSR count). The van der Waals surface area contributed by atoms with Crippen LogP contribution in [0.3, 0.4) is 0 Å². The van der Waals surface area contributed by atoms with Crippen molar-refractivity contribution in [1.82, 2.24) is 0 Å². The maximum absolute atomic E-state index is 12.3. The van der Waals surface area contributed by atoms with Gasteiger partial charge in [0, 0.05) is 17.7 Å². The summed E-state index contributed by atoms with van der Waals surface area (Å²) >= 11 is 0. The van der Waals surface area contributed by atoms with Crippen molar-refractivity contribution in [3.63, 3.8) is 0 Å². The molecule has 3 aromatic carbocycles. The molecule has 2 aliphatic rings. The van der Waals surface area contributed by atoms with E-state index in [1.807, 2.05) is 6.07 Å². The Kier molecular flexibility index (Phi) is 3.58. The van der Waals surface area contributed by atoms with E-state index in [0.29, 0.717) is 5.56 Å². The number of ether oxygens (including phenoxy) is 1. The van der Waals surface area contributed by atoms with Gasteiger partial charge in [-0.1, -0.05) is 30.3 Å². The van der Waals surface area contributed by atoms with Crippen LogP contribution in [0.15, 0.2) is 65.3 Å². The van der Waals surface area contributed by atoms with Gasteiger partial charge in [0.2, 0.25) is 5.90 Å². The van der Waals surface area contributed by atoms with Gasteiger partial charge in [-0.3, -0.25) is 10.1 Å². The molecule has 0 unspecified atom stereocenters. The number of aryl methyl sites for hydroxylation is 2. The van der Waals surface area contributed by atoms with E-state index >= 15 is 0 Å². The fourth-order valence-electron chi connectivity index (χ4n) is 3.83. The summed E-state index contributed by atoms with van der Waals surface area (Å²) in [6, 6.07) is 16.1. The van der Waals surface area contributed by atoms with Gasteiger partial charge in [-0.05, 0) is 58.5 Å². The molecular weight excluding hydrogens is 356 g/mol. The largest absolute Gasteiger partial charge is 0.402 e. The highest BCUT2D eigenvalue weighted by molar-refractivity contribution is 6.13. The van der Waals surface area contributed by atoms with Crippen molar-refractivity contribution in [2.24, 2.45) is 4.99 Å². The molecule has 3 aromatic rings. The van der Waals surface area contributed by atoms with Crippen molar-refractivity contribution in [1.29, 1.82) is 0 Å². The molecule has 0 N–H and O–H groups in total. The first kappa shape index (κ1) is 16.4.